The number of carbonyl (C=O) groups is 1. The summed E-state index contributed by atoms with van der Waals surface area (Å²) in [7, 11) is 0. The van der Waals surface area contributed by atoms with Crippen molar-refractivity contribution in [2.24, 2.45) is 5.10 Å². The van der Waals surface area contributed by atoms with E-state index < -0.39 is 5.97 Å². The van der Waals surface area contributed by atoms with E-state index in [1.165, 1.54) is 6.07 Å². The van der Waals surface area contributed by atoms with Crippen LogP contribution in [0.2, 0.25) is 10.0 Å². The van der Waals surface area contributed by atoms with Crippen LogP contribution in [0.5, 0.6) is 11.5 Å². The third-order valence-electron chi connectivity index (χ3n) is 4.38. The maximum Gasteiger partial charge on any atom is 0.349 e. The number of nitrogens with zero attached hydrogens (tertiary/aromatic N) is 2. The molecule has 4 rings (SSSR count). The number of benzene rings is 3. The van der Waals surface area contributed by atoms with Gasteiger partial charge >= 0.3 is 5.97 Å². The highest BCUT2D eigenvalue weighted by molar-refractivity contribution is 6.35. The Kier molecular flexibility index (Phi) is 6.84. The lowest BCUT2D eigenvalue weighted by Crippen LogP contribution is -2.17. The lowest BCUT2D eigenvalue weighted by Gasteiger charge is -2.08. The summed E-state index contributed by atoms with van der Waals surface area (Å²) in [6, 6.07) is 21.4. The lowest BCUT2D eigenvalue weighted by atomic mass is 10.2. The Morgan fingerprint density at radius 3 is 2.66 bits per heavy atom. The number of carbonyl (C=O) groups excluding carboxylic acids is 1. The molecule has 0 aliphatic rings. The molecule has 0 aliphatic carbocycles. The summed E-state index contributed by atoms with van der Waals surface area (Å²) in [6.07, 6.45) is 3.41. The van der Waals surface area contributed by atoms with Crippen LogP contribution in [-0.4, -0.2) is 23.8 Å². The molecule has 8 heteroatoms. The molecule has 0 saturated carbocycles. The van der Waals surface area contributed by atoms with Crippen molar-refractivity contribution in [3.63, 3.8) is 0 Å². The first kappa shape index (κ1) is 21.6. The van der Waals surface area contributed by atoms with Gasteiger partial charge in [0.2, 0.25) is 0 Å². The minimum absolute atomic E-state index is 0.284. The van der Waals surface area contributed by atoms with E-state index in [-0.39, 0.29) is 6.61 Å². The number of fused-ring (bicyclic) bond motifs is 1. The number of rotatable bonds is 7. The number of pyridine rings is 1. The van der Waals surface area contributed by atoms with Crippen molar-refractivity contribution in [2.75, 3.05) is 12.0 Å². The molecule has 0 spiro atoms. The zero-order valence-electron chi connectivity index (χ0n) is 16.7. The van der Waals surface area contributed by atoms with E-state index in [0.717, 1.165) is 22.2 Å². The van der Waals surface area contributed by atoms with Crippen LogP contribution in [0.25, 0.3) is 10.9 Å². The summed E-state index contributed by atoms with van der Waals surface area (Å²) in [5.41, 5.74) is 5.49. The Bertz CT molecular complexity index is 1270. The van der Waals surface area contributed by atoms with E-state index in [1.54, 1.807) is 48.8 Å². The minimum Gasteiger partial charge on any atom is -0.480 e. The first-order valence-corrected chi connectivity index (χ1v) is 10.4. The smallest absolute Gasteiger partial charge is 0.349 e. The summed E-state index contributed by atoms with van der Waals surface area (Å²) in [4.78, 5) is 16.4. The largest absolute Gasteiger partial charge is 0.480 e. The van der Waals surface area contributed by atoms with Gasteiger partial charge in [-0.25, -0.2) is 4.79 Å². The van der Waals surface area contributed by atoms with Gasteiger partial charge in [0.15, 0.2) is 6.61 Å². The number of aromatic nitrogens is 1. The molecule has 0 atom stereocenters. The van der Waals surface area contributed by atoms with Crippen molar-refractivity contribution in [1.29, 1.82) is 0 Å². The standard InChI is InChI=1S/C24H17Cl2N3O3/c25-18-8-11-22(20(26)13-18)31-15-23(30)32-19-9-6-16(7-10-19)14-28-29-21-5-1-3-17-4-2-12-27-24(17)21/h1-14,29H,15H2/b28-14-. The molecular formula is C24H17Cl2N3O3. The SMILES string of the molecule is O=C(COc1ccc(Cl)cc1Cl)Oc1ccc(/C=N\Nc2cccc3cccnc23)cc1. The van der Waals surface area contributed by atoms with Gasteiger partial charge in [-0.15, -0.1) is 0 Å². The predicted molar refractivity (Wildman–Crippen MR) is 127 cm³/mol. The number of esters is 1. The summed E-state index contributed by atoms with van der Waals surface area (Å²) in [6.45, 7) is -0.284. The van der Waals surface area contributed by atoms with E-state index in [2.05, 4.69) is 15.5 Å². The maximum absolute atomic E-state index is 12.0. The van der Waals surface area contributed by atoms with Crippen LogP contribution < -0.4 is 14.9 Å². The first-order chi connectivity index (χ1) is 15.6. The molecule has 0 aliphatic heterocycles. The molecule has 6 nitrogen and oxygen atoms in total. The first-order valence-electron chi connectivity index (χ1n) is 9.60. The number of nitrogens with one attached hydrogen (secondary N) is 1. The molecule has 32 heavy (non-hydrogen) atoms. The van der Waals surface area contributed by atoms with Crippen LogP contribution in [0.4, 0.5) is 5.69 Å². The number of hydrogen-bond acceptors (Lipinski definition) is 6. The van der Waals surface area contributed by atoms with Crippen molar-refractivity contribution in [2.45, 2.75) is 0 Å². The molecule has 1 aromatic heterocycles. The van der Waals surface area contributed by atoms with Crippen LogP contribution in [-0.2, 0) is 4.79 Å². The van der Waals surface area contributed by atoms with E-state index in [9.17, 15) is 4.79 Å². The Morgan fingerprint density at radius 2 is 1.84 bits per heavy atom. The molecule has 0 amide bonds. The average Bonchev–Trinajstić information content (AvgIpc) is 2.80. The Morgan fingerprint density at radius 1 is 1.03 bits per heavy atom. The fourth-order valence-electron chi connectivity index (χ4n) is 2.88. The highest BCUT2D eigenvalue weighted by atomic mass is 35.5. The van der Waals surface area contributed by atoms with Crippen LogP contribution >= 0.6 is 23.2 Å². The molecular weight excluding hydrogens is 449 g/mol. The van der Waals surface area contributed by atoms with Crippen molar-refractivity contribution in [3.8, 4) is 11.5 Å². The van der Waals surface area contributed by atoms with Crippen molar-refractivity contribution in [1.82, 2.24) is 4.98 Å². The predicted octanol–water partition coefficient (Wildman–Crippen LogP) is 5.97. The fourth-order valence-corrected chi connectivity index (χ4v) is 3.35. The lowest BCUT2D eigenvalue weighted by molar-refractivity contribution is -0.136. The average molecular weight is 466 g/mol. The van der Waals surface area contributed by atoms with Crippen LogP contribution in [0, 0.1) is 0 Å². The second kappa shape index (κ2) is 10.1. The van der Waals surface area contributed by atoms with Gasteiger partial charge in [-0.1, -0.05) is 41.4 Å². The number of para-hydroxylation sites is 1. The van der Waals surface area contributed by atoms with Crippen LogP contribution in [0.15, 0.2) is 84.1 Å². The van der Waals surface area contributed by atoms with Gasteiger partial charge in [0.1, 0.15) is 11.5 Å². The zero-order chi connectivity index (χ0) is 22.3. The summed E-state index contributed by atoms with van der Waals surface area (Å²) < 4.78 is 10.7. The van der Waals surface area contributed by atoms with Gasteiger partial charge in [0.05, 0.1) is 22.4 Å². The van der Waals surface area contributed by atoms with Crippen molar-refractivity contribution in [3.05, 3.63) is 94.6 Å². The van der Waals surface area contributed by atoms with Gasteiger partial charge in [-0.2, -0.15) is 5.10 Å². The van der Waals surface area contributed by atoms with Gasteiger partial charge in [-0.05, 0) is 60.2 Å². The Balaban J connectivity index is 1.31. The maximum atomic E-state index is 12.0. The molecule has 0 radical (unpaired) electrons. The monoisotopic (exact) mass is 465 g/mol. The normalized spacial score (nSPS) is 10.9. The molecule has 3 aromatic carbocycles. The van der Waals surface area contributed by atoms with Crippen molar-refractivity contribution < 1.29 is 14.3 Å². The quantitative estimate of drug-likeness (QED) is 0.157. The number of hydrogen-bond donors (Lipinski definition) is 1. The van der Waals surface area contributed by atoms with E-state index in [1.807, 2.05) is 30.3 Å². The van der Waals surface area contributed by atoms with E-state index in [0.29, 0.717) is 21.5 Å². The molecule has 0 bridgehead atoms. The summed E-state index contributed by atoms with van der Waals surface area (Å²) in [5.74, 6) is 0.195. The zero-order valence-corrected chi connectivity index (χ0v) is 18.2. The third kappa shape index (κ3) is 5.55. The van der Waals surface area contributed by atoms with Gasteiger partial charge in [0, 0.05) is 16.6 Å². The van der Waals surface area contributed by atoms with Gasteiger partial charge in [-0.3, -0.25) is 10.4 Å². The second-order valence-corrected chi connectivity index (χ2v) is 7.50. The molecule has 1 heterocycles. The van der Waals surface area contributed by atoms with Gasteiger partial charge in [0.25, 0.3) is 0 Å². The molecule has 0 saturated heterocycles. The Labute approximate surface area is 194 Å². The molecule has 160 valence electrons. The minimum atomic E-state index is -0.553. The molecule has 0 unspecified atom stereocenters. The second-order valence-electron chi connectivity index (χ2n) is 6.66. The molecule has 0 fully saturated rings. The van der Waals surface area contributed by atoms with Crippen LogP contribution in [0.3, 0.4) is 0 Å². The Hall–Kier alpha value is -3.61. The summed E-state index contributed by atoms with van der Waals surface area (Å²) in [5, 5.41) is 6.10. The number of ether oxygens (including phenoxy) is 2. The fraction of sp³-hybridized carbons (Fsp3) is 0.0417. The van der Waals surface area contributed by atoms with E-state index in [4.69, 9.17) is 32.7 Å². The molecule has 1 N–H and O–H groups in total. The highest BCUT2D eigenvalue weighted by Crippen LogP contribution is 2.27. The number of hydrazone groups is 1. The number of anilines is 1. The highest BCUT2D eigenvalue weighted by Gasteiger charge is 2.09. The summed E-state index contributed by atoms with van der Waals surface area (Å²) >= 11 is 11.9. The topological polar surface area (TPSA) is 72.8 Å². The van der Waals surface area contributed by atoms with E-state index >= 15 is 0 Å². The van der Waals surface area contributed by atoms with Crippen molar-refractivity contribution >= 4 is 52.0 Å². The van der Waals surface area contributed by atoms with Crippen LogP contribution in [0.1, 0.15) is 5.56 Å². The van der Waals surface area contributed by atoms with Gasteiger partial charge < -0.3 is 9.47 Å². The molecule has 4 aromatic rings. The number of halogens is 2. The third-order valence-corrected chi connectivity index (χ3v) is 4.91.